The number of primary sulfonamides is 1. The van der Waals surface area contributed by atoms with Crippen LogP contribution in [-0.4, -0.2) is 19.2 Å². The molecule has 0 saturated heterocycles. The minimum absolute atomic E-state index is 0.00118. The van der Waals surface area contributed by atoms with Gasteiger partial charge in [0.2, 0.25) is 10.0 Å². The number of benzene rings is 1. The average Bonchev–Trinajstić information content (AvgIpc) is 3.34. The Morgan fingerprint density at radius 2 is 1.81 bits per heavy atom. The summed E-state index contributed by atoms with van der Waals surface area (Å²) in [5, 5.41) is 5.04. The zero-order chi connectivity index (χ0) is 19.1. The lowest BCUT2D eigenvalue weighted by molar-refractivity contribution is -0.137. The first-order valence-electron chi connectivity index (χ1n) is 7.73. The number of sulfonamides is 1. The Hall–Kier alpha value is -2.26. The van der Waals surface area contributed by atoms with Crippen LogP contribution in [0.15, 0.2) is 47.5 Å². The van der Waals surface area contributed by atoms with Gasteiger partial charge in [-0.15, -0.1) is 0 Å². The van der Waals surface area contributed by atoms with Crippen molar-refractivity contribution in [1.29, 1.82) is 0 Å². The SMILES string of the molecule is NS(=O)(=O)c1ccc([C@H]2C[C@H]2C(=O)Cc2ccc(C(F)(F)F)cn2)cc1. The van der Waals surface area contributed by atoms with E-state index in [1.54, 1.807) is 12.1 Å². The highest BCUT2D eigenvalue weighted by Crippen LogP contribution is 2.48. The highest BCUT2D eigenvalue weighted by molar-refractivity contribution is 7.89. The molecule has 26 heavy (non-hydrogen) atoms. The van der Waals surface area contributed by atoms with Gasteiger partial charge in [-0.2, -0.15) is 13.2 Å². The van der Waals surface area contributed by atoms with Crippen molar-refractivity contribution in [1.82, 2.24) is 4.98 Å². The lowest BCUT2D eigenvalue weighted by Gasteiger charge is -2.06. The molecule has 2 aromatic rings. The third kappa shape index (κ3) is 4.10. The minimum atomic E-state index is -4.46. The molecule has 138 valence electrons. The number of halogens is 3. The van der Waals surface area contributed by atoms with Crippen LogP contribution in [0.3, 0.4) is 0 Å². The number of alkyl halides is 3. The van der Waals surface area contributed by atoms with Gasteiger partial charge in [0.15, 0.2) is 0 Å². The lowest BCUT2D eigenvalue weighted by atomic mass is 10.0. The van der Waals surface area contributed by atoms with Gasteiger partial charge in [-0.05, 0) is 42.2 Å². The molecule has 2 N–H and O–H groups in total. The van der Waals surface area contributed by atoms with Crippen molar-refractivity contribution in [3.05, 3.63) is 59.4 Å². The monoisotopic (exact) mass is 384 g/mol. The topological polar surface area (TPSA) is 90.1 Å². The molecular weight excluding hydrogens is 369 g/mol. The molecule has 1 fully saturated rings. The van der Waals surface area contributed by atoms with Gasteiger partial charge in [-0.1, -0.05) is 12.1 Å². The molecule has 0 unspecified atom stereocenters. The zero-order valence-electron chi connectivity index (χ0n) is 13.4. The van der Waals surface area contributed by atoms with Crippen LogP contribution < -0.4 is 5.14 Å². The summed E-state index contributed by atoms with van der Waals surface area (Å²) in [5.74, 6) is -0.358. The second-order valence-corrected chi connectivity index (χ2v) is 7.80. The number of ketones is 1. The summed E-state index contributed by atoms with van der Waals surface area (Å²) in [5.41, 5.74) is 0.266. The Morgan fingerprint density at radius 3 is 2.31 bits per heavy atom. The maximum Gasteiger partial charge on any atom is 0.417 e. The Balaban J connectivity index is 1.62. The molecule has 0 aliphatic heterocycles. The third-order valence-electron chi connectivity index (χ3n) is 4.35. The van der Waals surface area contributed by atoms with E-state index in [1.807, 2.05) is 0 Å². The van der Waals surface area contributed by atoms with Crippen LogP contribution in [0, 0.1) is 5.92 Å². The number of hydrogen-bond acceptors (Lipinski definition) is 4. The van der Waals surface area contributed by atoms with E-state index >= 15 is 0 Å². The average molecular weight is 384 g/mol. The molecule has 5 nitrogen and oxygen atoms in total. The van der Waals surface area contributed by atoms with Crippen molar-refractivity contribution in [3.63, 3.8) is 0 Å². The van der Waals surface area contributed by atoms with Crippen LogP contribution in [0.4, 0.5) is 13.2 Å². The van der Waals surface area contributed by atoms with E-state index in [-0.39, 0.29) is 28.9 Å². The van der Waals surface area contributed by atoms with Crippen molar-refractivity contribution < 1.29 is 26.4 Å². The van der Waals surface area contributed by atoms with Crippen LogP contribution in [0.1, 0.15) is 29.2 Å². The quantitative estimate of drug-likeness (QED) is 0.858. The molecule has 0 amide bonds. The first-order valence-corrected chi connectivity index (χ1v) is 9.28. The molecule has 0 spiro atoms. The fourth-order valence-electron chi connectivity index (χ4n) is 2.83. The first-order chi connectivity index (χ1) is 12.1. The first kappa shape index (κ1) is 18.5. The third-order valence-corrected chi connectivity index (χ3v) is 5.28. The number of carbonyl (C=O) groups is 1. The van der Waals surface area contributed by atoms with Crippen molar-refractivity contribution in [2.24, 2.45) is 11.1 Å². The number of rotatable bonds is 5. The second-order valence-electron chi connectivity index (χ2n) is 6.24. The molecule has 1 aromatic carbocycles. The van der Waals surface area contributed by atoms with Gasteiger partial charge in [-0.25, -0.2) is 13.6 Å². The van der Waals surface area contributed by atoms with E-state index in [0.29, 0.717) is 12.1 Å². The fourth-order valence-corrected chi connectivity index (χ4v) is 3.35. The van der Waals surface area contributed by atoms with Gasteiger partial charge < -0.3 is 0 Å². The zero-order valence-corrected chi connectivity index (χ0v) is 14.2. The summed E-state index contributed by atoms with van der Waals surface area (Å²) in [7, 11) is -3.76. The van der Waals surface area contributed by atoms with Gasteiger partial charge in [0.25, 0.3) is 0 Å². The predicted molar refractivity (Wildman–Crippen MR) is 86.6 cm³/mol. The number of nitrogens with two attached hydrogens (primary N) is 1. The molecule has 0 radical (unpaired) electrons. The smallest absolute Gasteiger partial charge is 0.299 e. The summed E-state index contributed by atoms with van der Waals surface area (Å²) in [4.78, 5) is 16.0. The number of hydrogen-bond donors (Lipinski definition) is 1. The van der Waals surface area contributed by atoms with Crippen LogP contribution in [0.2, 0.25) is 0 Å². The molecule has 2 atom stereocenters. The molecule has 1 saturated carbocycles. The summed E-state index contributed by atoms with van der Waals surface area (Å²) in [6.07, 6.45) is -3.15. The predicted octanol–water partition coefficient (Wildman–Crippen LogP) is 2.66. The van der Waals surface area contributed by atoms with Crippen LogP contribution in [0.25, 0.3) is 0 Å². The largest absolute Gasteiger partial charge is 0.417 e. The maximum atomic E-state index is 12.5. The fraction of sp³-hybridized carbons (Fsp3) is 0.294. The summed E-state index contributed by atoms with van der Waals surface area (Å²) in [6, 6.07) is 8.14. The normalized spacial score (nSPS) is 20.0. The highest BCUT2D eigenvalue weighted by atomic mass is 32.2. The standard InChI is InChI=1S/C17H15F3N2O3S/c18-17(19,20)11-3-4-12(22-9-11)7-16(23)15-8-14(15)10-1-5-13(6-2-10)26(21,24)25/h1-6,9,14-15H,7-8H2,(H2,21,24,25)/t14-,15-/m1/s1. The molecule has 3 rings (SSSR count). The molecular formula is C17H15F3N2O3S. The Kier molecular flexibility index (Phi) is 4.61. The van der Waals surface area contributed by atoms with Crippen molar-refractivity contribution in [2.75, 3.05) is 0 Å². The minimum Gasteiger partial charge on any atom is -0.299 e. The second kappa shape index (κ2) is 6.48. The van der Waals surface area contributed by atoms with E-state index in [1.165, 1.54) is 18.2 Å². The molecule has 1 heterocycles. The Labute approximate surface area is 148 Å². The van der Waals surface area contributed by atoms with Gasteiger partial charge in [0.1, 0.15) is 5.78 Å². The van der Waals surface area contributed by atoms with Gasteiger partial charge in [-0.3, -0.25) is 9.78 Å². The molecule has 1 aromatic heterocycles. The van der Waals surface area contributed by atoms with Crippen molar-refractivity contribution in [2.45, 2.75) is 29.8 Å². The van der Waals surface area contributed by atoms with Crippen molar-refractivity contribution >= 4 is 15.8 Å². The van der Waals surface area contributed by atoms with E-state index in [9.17, 15) is 26.4 Å². The van der Waals surface area contributed by atoms with E-state index in [2.05, 4.69) is 4.98 Å². The molecule has 0 bridgehead atoms. The number of Topliss-reactive ketones (excluding diaryl/α,β-unsaturated/α-hetero) is 1. The maximum absolute atomic E-state index is 12.5. The van der Waals surface area contributed by atoms with Gasteiger partial charge in [0.05, 0.1) is 10.5 Å². The Morgan fingerprint density at radius 1 is 1.15 bits per heavy atom. The van der Waals surface area contributed by atoms with Gasteiger partial charge >= 0.3 is 6.18 Å². The summed E-state index contributed by atoms with van der Waals surface area (Å²) >= 11 is 0. The molecule has 1 aliphatic carbocycles. The Bertz CT molecular complexity index is 923. The van der Waals surface area contributed by atoms with E-state index in [0.717, 1.165) is 17.8 Å². The molecule has 9 heteroatoms. The van der Waals surface area contributed by atoms with E-state index in [4.69, 9.17) is 5.14 Å². The van der Waals surface area contributed by atoms with Gasteiger partial charge in [0, 0.05) is 24.2 Å². The molecule has 1 aliphatic rings. The van der Waals surface area contributed by atoms with E-state index < -0.39 is 21.8 Å². The summed E-state index contributed by atoms with van der Waals surface area (Å²) in [6.45, 7) is 0. The van der Waals surface area contributed by atoms with Crippen molar-refractivity contribution in [3.8, 4) is 0 Å². The highest BCUT2D eigenvalue weighted by Gasteiger charge is 2.43. The number of pyridine rings is 1. The number of nitrogens with zero attached hydrogens (tertiary/aromatic N) is 1. The van der Waals surface area contributed by atoms with Crippen LogP contribution >= 0.6 is 0 Å². The number of carbonyl (C=O) groups excluding carboxylic acids is 1. The number of aromatic nitrogens is 1. The van der Waals surface area contributed by atoms with Crippen LogP contribution in [0.5, 0.6) is 0 Å². The van der Waals surface area contributed by atoms with Crippen LogP contribution in [-0.2, 0) is 27.4 Å². The summed E-state index contributed by atoms with van der Waals surface area (Å²) < 4.78 is 60.0. The lowest BCUT2D eigenvalue weighted by Crippen LogP contribution is -2.12.